The molecule has 2 bridgehead atoms. The monoisotopic (exact) mass is 660 g/mol. The molecule has 3 atom stereocenters. The Balaban J connectivity index is 1.24. The van der Waals surface area contributed by atoms with Gasteiger partial charge >= 0.3 is 0 Å². The van der Waals surface area contributed by atoms with Crippen LogP contribution in [0.4, 0.5) is 0 Å². The molecule has 5 aliphatic carbocycles. The number of hydrogen-bond acceptors (Lipinski definition) is 0. The van der Waals surface area contributed by atoms with Crippen LogP contribution in [0.15, 0.2) is 158 Å². The smallest absolute Gasteiger partial charge is 0.0136 e. The van der Waals surface area contributed by atoms with Crippen molar-refractivity contribution in [3.05, 3.63) is 175 Å². The van der Waals surface area contributed by atoms with Gasteiger partial charge in [-0.3, -0.25) is 0 Å². The zero-order valence-corrected chi connectivity index (χ0v) is 29.2. The predicted molar refractivity (Wildman–Crippen MR) is 223 cm³/mol. The lowest BCUT2D eigenvalue weighted by Gasteiger charge is -2.24. The first-order valence-corrected chi connectivity index (χ1v) is 19.0. The maximum atomic E-state index is 2.58. The summed E-state index contributed by atoms with van der Waals surface area (Å²) in [6, 6.07) is 39.9. The van der Waals surface area contributed by atoms with Gasteiger partial charge in [-0.15, -0.1) is 0 Å². The minimum Gasteiger partial charge on any atom is -0.0842 e. The van der Waals surface area contributed by atoms with Gasteiger partial charge in [-0.1, -0.05) is 128 Å². The molecule has 0 heteroatoms. The van der Waals surface area contributed by atoms with Crippen molar-refractivity contribution in [3.63, 3.8) is 0 Å². The highest BCUT2D eigenvalue weighted by Gasteiger charge is 2.39. The van der Waals surface area contributed by atoms with E-state index in [1.54, 1.807) is 0 Å². The van der Waals surface area contributed by atoms with E-state index in [1.165, 1.54) is 110 Å². The van der Waals surface area contributed by atoms with Crippen LogP contribution in [0.3, 0.4) is 0 Å². The lowest BCUT2D eigenvalue weighted by molar-refractivity contribution is 0.457. The van der Waals surface area contributed by atoms with Gasteiger partial charge in [-0.2, -0.15) is 0 Å². The van der Waals surface area contributed by atoms with Gasteiger partial charge in [0.25, 0.3) is 0 Å². The van der Waals surface area contributed by atoms with Gasteiger partial charge in [0.15, 0.2) is 0 Å². The second-order valence-electron chi connectivity index (χ2n) is 15.5. The second kappa shape index (κ2) is 10.5. The number of rotatable bonds is 2. The number of allylic oxidation sites excluding steroid dienone is 12. The summed E-state index contributed by atoms with van der Waals surface area (Å²) < 4.78 is 0. The van der Waals surface area contributed by atoms with Crippen LogP contribution in [-0.2, 0) is 0 Å². The molecule has 7 aromatic carbocycles. The molecule has 244 valence electrons. The van der Waals surface area contributed by atoms with Gasteiger partial charge in [-0.05, 0) is 171 Å². The third kappa shape index (κ3) is 3.82. The summed E-state index contributed by atoms with van der Waals surface area (Å²) in [7, 11) is 0. The number of benzene rings is 7. The molecule has 12 rings (SSSR count). The van der Waals surface area contributed by atoms with Gasteiger partial charge < -0.3 is 0 Å². The van der Waals surface area contributed by atoms with E-state index in [0.29, 0.717) is 17.8 Å². The van der Waals surface area contributed by atoms with Crippen LogP contribution in [0.1, 0.15) is 36.5 Å². The lowest BCUT2D eigenvalue weighted by atomic mass is 9.79. The maximum absolute atomic E-state index is 2.58. The molecule has 0 aromatic heterocycles. The fourth-order valence-electron chi connectivity index (χ4n) is 10.5. The van der Waals surface area contributed by atoms with E-state index in [-0.39, 0.29) is 0 Å². The van der Waals surface area contributed by atoms with Crippen LogP contribution in [0.2, 0.25) is 0 Å². The van der Waals surface area contributed by atoms with Crippen molar-refractivity contribution >= 4 is 59.8 Å². The van der Waals surface area contributed by atoms with E-state index in [4.69, 9.17) is 0 Å². The van der Waals surface area contributed by atoms with Crippen molar-refractivity contribution < 1.29 is 0 Å². The quantitative estimate of drug-likeness (QED) is 0.162. The summed E-state index contributed by atoms with van der Waals surface area (Å²) >= 11 is 0. The molecule has 5 aliphatic rings. The first-order valence-electron chi connectivity index (χ1n) is 19.0. The zero-order valence-electron chi connectivity index (χ0n) is 29.2. The Morgan fingerprint density at radius 2 is 1.06 bits per heavy atom. The van der Waals surface area contributed by atoms with E-state index < -0.39 is 0 Å². The number of hydrogen-bond donors (Lipinski definition) is 0. The largest absolute Gasteiger partial charge is 0.0842 e. The molecule has 0 N–H and O–H groups in total. The molecule has 0 aliphatic heterocycles. The van der Waals surface area contributed by atoms with Crippen molar-refractivity contribution in [1.82, 2.24) is 0 Å². The number of fused-ring (bicyclic) bond motifs is 12. The molecule has 0 saturated heterocycles. The Morgan fingerprint density at radius 3 is 1.73 bits per heavy atom. The Bertz CT molecular complexity index is 2950. The molecule has 52 heavy (non-hydrogen) atoms. The van der Waals surface area contributed by atoms with Crippen molar-refractivity contribution in [2.24, 2.45) is 17.8 Å². The summed E-state index contributed by atoms with van der Waals surface area (Å²) in [5.74, 6) is 1.36. The zero-order chi connectivity index (χ0) is 34.1. The van der Waals surface area contributed by atoms with Gasteiger partial charge in [0, 0.05) is 5.92 Å². The van der Waals surface area contributed by atoms with Gasteiger partial charge in [0.05, 0.1) is 0 Å². The van der Waals surface area contributed by atoms with Crippen LogP contribution in [0, 0.1) is 17.8 Å². The first-order chi connectivity index (χ1) is 25.7. The Hall–Kier alpha value is -5.98. The van der Waals surface area contributed by atoms with Crippen molar-refractivity contribution in [2.45, 2.75) is 19.8 Å². The minimum absolute atomic E-state index is 0.404. The summed E-state index contributed by atoms with van der Waals surface area (Å²) in [6.07, 6.45) is 23.3. The summed E-state index contributed by atoms with van der Waals surface area (Å²) in [6.45, 7) is 2.45. The second-order valence-corrected chi connectivity index (χ2v) is 15.5. The average Bonchev–Trinajstić information content (AvgIpc) is 3.52. The summed E-state index contributed by atoms with van der Waals surface area (Å²) in [4.78, 5) is 0. The highest BCUT2D eigenvalue weighted by Crippen LogP contribution is 2.56. The topological polar surface area (TPSA) is 0 Å². The van der Waals surface area contributed by atoms with Crippen molar-refractivity contribution in [3.8, 4) is 33.4 Å². The Labute approximate surface area is 304 Å². The highest BCUT2D eigenvalue weighted by molar-refractivity contribution is 6.27. The summed E-state index contributed by atoms with van der Waals surface area (Å²) in [5.41, 5.74) is 16.5. The molecular formula is C52H36. The van der Waals surface area contributed by atoms with E-state index >= 15 is 0 Å². The Kier molecular flexibility index (Phi) is 5.81. The molecule has 3 unspecified atom stereocenters. The van der Waals surface area contributed by atoms with E-state index in [1.807, 2.05) is 0 Å². The maximum Gasteiger partial charge on any atom is 0.0136 e. The van der Waals surface area contributed by atoms with Crippen LogP contribution < -0.4 is 0 Å². The summed E-state index contributed by atoms with van der Waals surface area (Å²) in [5, 5.41) is 10.8. The molecule has 7 aromatic rings. The van der Waals surface area contributed by atoms with Gasteiger partial charge in [0.2, 0.25) is 0 Å². The SMILES string of the molecule is CC1C2C=CC=C3c4cc5c(C6=CC=CCC6)cc6c7cc8c(cc7c(-c7ccccc7)cc6c5cc4C(=CC=C2)C31)-c1cccc2cccc-8c12. The van der Waals surface area contributed by atoms with Crippen molar-refractivity contribution in [1.29, 1.82) is 0 Å². The van der Waals surface area contributed by atoms with E-state index in [0.717, 1.165) is 12.8 Å². The molecule has 0 heterocycles. The molecular weight excluding hydrogens is 625 g/mol. The van der Waals surface area contributed by atoms with Crippen molar-refractivity contribution in [2.75, 3.05) is 0 Å². The molecule has 0 nitrogen and oxygen atoms in total. The van der Waals surface area contributed by atoms with E-state index in [9.17, 15) is 0 Å². The average molecular weight is 661 g/mol. The molecule has 0 spiro atoms. The highest BCUT2D eigenvalue weighted by atomic mass is 14.4. The van der Waals surface area contributed by atoms with Crippen LogP contribution >= 0.6 is 0 Å². The molecule has 0 amide bonds. The normalized spacial score (nSPS) is 20.6. The molecule has 0 radical (unpaired) electrons. The third-order valence-electron chi connectivity index (χ3n) is 12.9. The molecule has 0 fully saturated rings. The van der Waals surface area contributed by atoms with Crippen LogP contribution in [0.5, 0.6) is 0 Å². The molecule has 0 saturated carbocycles. The van der Waals surface area contributed by atoms with Gasteiger partial charge in [-0.25, -0.2) is 0 Å². The lowest BCUT2D eigenvalue weighted by Crippen LogP contribution is -2.15. The minimum atomic E-state index is 0.404. The third-order valence-corrected chi connectivity index (χ3v) is 12.9. The van der Waals surface area contributed by atoms with E-state index in [2.05, 4.69) is 165 Å². The van der Waals surface area contributed by atoms with Crippen LogP contribution in [-0.4, -0.2) is 0 Å². The van der Waals surface area contributed by atoms with Gasteiger partial charge in [0.1, 0.15) is 0 Å². The predicted octanol–water partition coefficient (Wildman–Crippen LogP) is 14.1. The standard InChI is InChI=1S/C52H36/c1-30-31-16-8-20-35-41-26-45-39(32-12-4-2-5-13-32)24-48-47(49(45)28-42(41)36(51(30)35)21-9-17-31)25-40(33-14-6-3-7-15-33)46-27-43-37-22-10-18-34-19-11-23-38(52(34)37)44(43)29-50(46)48/h2-4,6-12,14-31,51H,5,13H2,1H3. The fourth-order valence-corrected chi connectivity index (χ4v) is 10.5. The Morgan fingerprint density at radius 1 is 0.481 bits per heavy atom. The first kappa shape index (κ1) is 28.7. The van der Waals surface area contributed by atoms with Crippen LogP contribution in [0.25, 0.3) is 93.2 Å². The fraction of sp³-hybridized carbons (Fsp3) is 0.115.